The van der Waals surface area contributed by atoms with E-state index < -0.39 is 10.0 Å². The van der Waals surface area contributed by atoms with Gasteiger partial charge in [0.15, 0.2) is 0 Å². The lowest BCUT2D eigenvalue weighted by molar-refractivity contribution is 0.459. The fourth-order valence-electron chi connectivity index (χ4n) is 2.56. The van der Waals surface area contributed by atoms with Gasteiger partial charge in [-0.15, -0.1) is 0 Å². The van der Waals surface area contributed by atoms with Gasteiger partial charge in [0.25, 0.3) is 0 Å². The van der Waals surface area contributed by atoms with Crippen molar-refractivity contribution >= 4 is 10.0 Å². The number of H-pyrrole nitrogens is 1. The summed E-state index contributed by atoms with van der Waals surface area (Å²) in [4.78, 5) is 8.77. The number of rotatable bonds is 4. The third-order valence-electron chi connectivity index (χ3n) is 3.70. The lowest BCUT2D eigenvalue weighted by Gasteiger charge is -2.13. The largest absolute Gasteiger partial charge is 0.276 e. The Labute approximate surface area is 123 Å². The molecule has 1 aliphatic rings. The first-order valence-corrected chi connectivity index (χ1v) is 8.63. The molecule has 0 bridgehead atoms. The number of aromatic nitrogens is 4. The second-order valence-electron chi connectivity index (χ2n) is 5.34. The molecule has 1 aliphatic heterocycles. The number of sulfonamides is 1. The van der Waals surface area contributed by atoms with Crippen molar-refractivity contribution in [3.05, 3.63) is 30.4 Å². The number of hydrogen-bond acceptors (Lipinski definition) is 5. The van der Waals surface area contributed by atoms with Crippen LogP contribution in [0.4, 0.5) is 0 Å². The predicted molar refractivity (Wildman–Crippen MR) is 77.8 cm³/mol. The zero-order valence-corrected chi connectivity index (χ0v) is 12.5. The van der Waals surface area contributed by atoms with Crippen molar-refractivity contribution in [1.29, 1.82) is 0 Å². The van der Waals surface area contributed by atoms with E-state index in [1.54, 1.807) is 18.6 Å². The third kappa shape index (κ3) is 3.27. The van der Waals surface area contributed by atoms with E-state index in [4.69, 9.17) is 0 Å². The van der Waals surface area contributed by atoms with Gasteiger partial charge in [0.1, 0.15) is 5.69 Å². The molecule has 2 aromatic rings. The van der Waals surface area contributed by atoms with Crippen molar-refractivity contribution in [2.45, 2.75) is 12.8 Å². The highest BCUT2D eigenvalue weighted by Gasteiger charge is 2.28. The molecule has 3 heterocycles. The standard InChI is InChI=1S/C13H17N5O2S/c1-21(19,20)18-5-3-10(9-18)6-11-7-15-13(8-14-11)12-2-4-16-17-12/h2,4,7-8,10H,3,5-6,9H2,1H3,(H,16,17)/t10-/m0/s1. The highest BCUT2D eigenvalue weighted by molar-refractivity contribution is 7.88. The van der Waals surface area contributed by atoms with Crippen LogP contribution in [0.15, 0.2) is 24.7 Å². The Balaban J connectivity index is 1.64. The van der Waals surface area contributed by atoms with Crippen molar-refractivity contribution in [3.8, 4) is 11.4 Å². The Kier molecular flexibility index (Phi) is 3.73. The summed E-state index contributed by atoms with van der Waals surface area (Å²) in [5.74, 6) is 0.312. The maximum absolute atomic E-state index is 11.5. The highest BCUT2D eigenvalue weighted by Crippen LogP contribution is 2.22. The SMILES string of the molecule is CS(=O)(=O)N1CC[C@@H](Cc2cnc(-c3ccn[nH]3)cn2)C1. The van der Waals surface area contributed by atoms with Gasteiger partial charge in [-0.3, -0.25) is 15.1 Å². The summed E-state index contributed by atoms with van der Waals surface area (Å²) in [6.45, 7) is 1.17. The van der Waals surface area contributed by atoms with E-state index in [0.29, 0.717) is 19.0 Å². The van der Waals surface area contributed by atoms with Gasteiger partial charge in [-0.25, -0.2) is 12.7 Å². The molecule has 1 N–H and O–H groups in total. The molecule has 0 spiro atoms. The molecule has 0 saturated carbocycles. The maximum Gasteiger partial charge on any atom is 0.211 e. The molecule has 0 unspecified atom stereocenters. The van der Waals surface area contributed by atoms with Crippen molar-refractivity contribution in [2.75, 3.05) is 19.3 Å². The normalized spacial score (nSPS) is 20.0. The summed E-state index contributed by atoms with van der Waals surface area (Å²) in [6.07, 6.45) is 8.02. The molecule has 0 radical (unpaired) electrons. The van der Waals surface area contributed by atoms with E-state index in [2.05, 4.69) is 20.2 Å². The summed E-state index contributed by atoms with van der Waals surface area (Å²) in [6, 6.07) is 1.84. The number of aromatic amines is 1. The van der Waals surface area contributed by atoms with Crippen LogP contribution in [-0.2, 0) is 16.4 Å². The number of nitrogens with one attached hydrogen (secondary N) is 1. The van der Waals surface area contributed by atoms with Crippen LogP contribution in [0.5, 0.6) is 0 Å². The molecule has 0 amide bonds. The van der Waals surface area contributed by atoms with Crippen molar-refractivity contribution in [3.63, 3.8) is 0 Å². The van der Waals surface area contributed by atoms with Crippen LogP contribution in [0.3, 0.4) is 0 Å². The Morgan fingerprint density at radius 1 is 1.38 bits per heavy atom. The van der Waals surface area contributed by atoms with Crippen molar-refractivity contribution in [2.24, 2.45) is 5.92 Å². The van der Waals surface area contributed by atoms with Crippen LogP contribution < -0.4 is 0 Å². The monoisotopic (exact) mass is 307 g/mol. The van der Waals surface area contributed by atoms with Crippen molar-refractivity contribution < 1.29 is 8.42 Å². The van der Waals surface area contributed by atoms with Gasteiger partial charge in [-0.1, -0.05) is 0 Å². The first-order valence-electron chi connectivity index (χ1n) is 6.78. The second kappa shape index (κ2) is 5.53. The van der Waals surface area contributed by atoms with Gasteiger partial charge in [-0.05, 0) is 24.8 Å². The van der Waals surface area contributed by atoms with Crippen LogP contribution in [0.1, 0.15) is 12.1 Å². The quantitative estimate of drug-likeness (QED) is 0.897. The highest BCUT2D eigenvalue weighted by atomic mass is 32.2. The van der Waals surface area contributed by atoms with Crippen LogP contribution in [0.25, 0.3) is 11.4 Å². The van der Waals surface area contributed by atoms with Crippen LogP contribution in [0.2, 0.25) is 0 Å². The van der Waals surface area contributed by atoms with E-state index in [9.17, 15) is 8.42 Å². The molecule has 0 aliphatic carbocycles. The van der Waals surface area contributed by atoms with Crippen LogP contribution in [-0.4, -0.2) is 52.2 Å². The summed E-state index contributed by atoms with van der Waals surface area (Å²) in [7, 11) is -3.08. The molecular weight excluding hydrogens is 290 g/mol. The van der Waals surface area contributed by atoms with Gasteiger partial charge in [0.05, 0.1) is 23.8 Å². The van der Waals surface area contributed by atoms with Gasteiger partial charge in [0, 0.05) is 25.5 Å². The van der Waals surface area contributed by atoms with E-state index in [-0.39, 0.29) is 0 Å². The molecule has 112 valence electrons. The topological polar surface area (TPSA) is 91.8 Å². The van der Waals surface area contributed by atoms with E-state index in [1.165, 1.54) is 10.6 Å². The molecule has 8 heteroatoms. The Hall–Kier alpha value is -1.80. The number of nitrogens with zero attached hydrogens (tertiary/aromatic N) is 4. The number of hydrogen-bond donors (Lipinski definition) is 1. The van der Waals surface area contributed by atoms with Crippen molar-refractivity contribution in [1.82, 2.24) is 24.5 Å². The first kappa shape index (κ1) is 14.2. The minimum atomic E-state index is -3.08. The van der Waals surface area contributed by atoms with Gasteiger partial charge in [-0.2, -0.15) is 5.10 Å². The summed E-state index contributed by atoms with van der Waals surface area (Å²) < 4.78 is 24.5. The van der Waals surface area contributed by atoms with Crippen LogP contribution >= 0.6 is 0 Å². The summed E-state index contributed by atoms with van der Waals surface area (Å²) in [5.41, 5.74) is 2.47. The Bertz CT molecular complexity index is 697. The molecule has 1 fully saturated rings. The van der Waals surface area contributed by atoms with Gasteiger partial charge in [0.2, 0.25) is 10.0 Å². The minimum Gasteiger partial charge on any atom is -0.276 e. The zero-order chi connectivity index (χ0) is 14.9. The average molecular weight is 307 g/mol. The fourth-order valence-corrected chi connectivity index (χ4v) is 3.48. The van der Waals surface area contributed by atoms with Gasteiger partial charge < -0.3 is 0 Å². The van der Waals surface area contributed by atoms with E-state index in [1.807, 2.05) is 6.07 Å². The average Bonchev–Trinajstić information content (AvgIpc) is 3.09. The smallest absolute Gasteiger partial charge is 0.211 e. The zero-order valence-electron chi connectivity index (χ0n) is 11.7. The molecule has 7 nitrogen and oxygen atoms in total. The minimum absolute atomic E-state index is 0.312. The Morgan fingerprint density at radius 2 is 2.24 bits per heavy atom. The third-order valence-corrected chi connectivity index (χ3v) is 4.97. The summed E-state index contributed by atoms with van der Waals surface area (Å²) >= 11 is 0. The predicted octanol–water partition coefficient (Wildman–Crippen LogP) is 0.691. The summed E-state index contributed by atoms with van der Waals surface area (Å²) in [5, 5.41) is 6.72. The molecule has 1 saturated heterocycles. The second-order valence-corrected chi connectivity index (χ2v) is 7.33. The lowest BCUT2D eigenvalue weighted by Crippen LogP contribution is -2.27. The van der Waals surface area contributed by atoms with Gasteiger partial charge >= 0.3 is 0 Å². The lowest BCUT2D eigenvalue weighted by atomic mass is 10.0. The van der Waals surface area contributed by atoms with Crippen LogP contribution in [0, 0.1) is 5.92 Å². The van der Waals surface area contributed by atoms with E-state index >= 15 is 0 Å². The fraction of sp³-hybridized carbons (Fsp3) is 0.462. The molecule has 2 aromatic heterocycles. The Morgan fingerprint density at radius 3 is 2.81 bits per heavy atom. The molecule has 21 heavy (non-hydrogen) atoms. The molecule has 0 aromatic carbocycles. The first-order chi connectivity index (χ1) is 10.0. The molecule has 1 atom stereocenters. The molecule has 3 rings (SSSR count). The molecular formula is C13H17N5O2S. The van der Waals surface area contributed by atoms with E-state index in [0.717, 1.165) is 29.9 Å². The maximum atomic E-state index is 11.5.